The number of ether oxygens (including phenoxy) is 1. The molecular formula is C23H35N3O3. The summed E-state index contributed by atoms with van der Waals surface area (Å²) >= 11 is 0. The molecule has 2 N–H and O–H groups in total. The fourth-order valence-electron chi connectivity index (χ4n) is 4.08. The van der Waals surface area contributed by atoms with E-state index in [1.54, 1.807) is 12.1 Å². The van der Waals surface area contributed by atoms with Crippen molar-refractivity contribution in [3.05, 3.63) is 29.8 Å². The Balaban J connectivity index is 1.53. The van der Waals surface area contributed by atoms with Crippen LogP contribution in [0.2, 0.25) is 0 Å². The van der Waals surface area contributed by atoms with Gasteiger partial charge in [0.2, 0.25) is 5.91 Å². The van der Waals surface area contributed by atoms with Crippen LogP contribution >= 0.6 is 0 Å². The molecule has 6 nitrogen and oxygen atoms in total. The van der Waals surface area contributed by atoms with E-state index in [2.05, 4.69) is 36.3 Å². The van der Waals surface area contributed by atoms with Gasteiger partial charge < -0.3 is 20.3 Å². The smallest absolute Gasteiger partial charge is 0.252 e. The predicted octanol–water partition coefficient (Wildman–Crippen LogP) is 2.97. The Morgan fingerprint density at radius 3 is 2.69 bits per heavy atom. The highest BCUT2D eigenvalue weighted by Gasteiger charge is 2.25. The number of nitrogens with zero attached hydrogens (tertiary/aromatic N) is 1. The monoisotopic (exact) mass is 401 g/mol. The van der Waals surface area contributed by atoms with Crippen molar-refractivity contribution in [3.63, 3.8) is 0 Å². The normalized spacial score (nSPS) is 21.9. The number of carbonyl (C=O) groups is 2. The number of rotatable bonds is 5. The standard InChI is InChI=1S/C23H35N3O3/c1-23(2,3)16-26-13-10-18(11-14-26)29-19-8-6-7-17(15-19)21(27)25-20-9-4-5-12-24-22(20)28/h6-8,15,18,20H,4-5,9-14,16H2,1-3H3,(H,24,28)(H,25,27)/t20-/m0/s1. The van der Waals surface area contributed by atoms with Crippen LogP contribution in [0.15, 0.2) is 24.3 Å². The predicted molar refractivity (Wildman–Crippen MR) is 114 cm³/mol. The van der Waals surface area contributed by atoms with Crippen LogP contribution in [0.1, 0.15) is 63.2 Å². The summed E-state index contributed by atoms with van der Waals surface area (Å²) in [5.41, 5.74) is 0.841. The highest BCUT2D eigenvalue weighted by atomic mass is 16.5. The minimum atomic E-state index is -0.457. The van der Waals surface area contributed by atoms with Gasteiger partial charge in [0.05, 0.1) is 0 Å². The van der Waals surface area contributed by atoms with Gasteiger partial charge in [0.1, 0.15) is 17.9 Å². The van der Waals surface area contributed by atoms with Gasteiger partial charge in [0, 0.05) is 31.7 Å². The molecule has 2 heterocycles. The highest BCUT2D eigenvalue weighted by Crippen LogP contribution is 2.23. The Labute approximate surface area is 174 Å². The van der Waals surface area contributed by atoms with E-state index in [1.807, 2.05) is 12.1 Å². The quantitative estimate of drug-likeness (QED) is 0.796. The minimum Gasteiger partial charge on any atom is -0.490 e. The summed E-state index contributed by atoms with van der Waals surface area (Å²) in [6, 6.07) is 6.83. The number of amides is 2. The number of hydrogen-bond donors (Lipinski definition) is 2. The van der Waals surface area contributed by atoms with E-state index in [-0.39, 0.29) is 17.9 Å². The molecule has 0 saturated carbocycles. The molecule has 29 heavy (non-hydrogen) atoms. The molecule has 1 aromatic carbocycles. The molecule has 0 spiro atoms. The first kappa shape index (κ1) is 21.6. The molecule has 1 atom stereocenters. The van der Waals surface area contributed by atoms with Crippen LogP contribution in [0.5, 0.6) is 5.75 Å². The molecule has 2 aliphatic heterocycles. The largest absolute Gasteiger partial charge is 0.490 e. The first-order valence-corrected chi connectivity index (χ1v) is 10.9. The van der Waals surface area contributed by atoms with Gasteiger partial charge in [-0.1, -0.05) is 26.8 Å². The van der Waals surface area contributed by atoms with Gasteiger partial charge in [-0.3, -0.25) is 9.59 Å². The van der Waals surface area contributed by atoms with Gasteiger partial charge in [0.25, 0.3) is 5.91 Å². The summed E-state index contributed by atoms with van der Waals surface area (Å²) < 4.78 is 6.17. The molecule has 6 heteroatoms. The summed E-state index contributed by atoms with van der Waals surface area (Å²) in [4.78, 5) is 27.2. The van der Waals surface area contributed by atoms with E-state index >= 15 is 0 Å². The molecule has 0 aromatic heterocycles. The summed E-state index contributed by atoms with van der Waals surface area (Å²) in [6.07, 6.45) is 4.73. The fraction of sp³-hybridized carbons (Fsp3) is 0.652. The van der Waals surface area contributed by atoms with E-state index in [4.69, 9.17) is 4.74 Å². The third kappa shape index (κ3) is 6.74. The van der Waals surface area contributed by atoms with Crippen LogP contribution in [0, 0.1) is 5.41 Å². The molecule has 0 unspecified atom stereocenters. The van der Waals surface area contributed by atoms with Crippen molar-refractivity contribution in [3.8, 4) is 5.75 Å². The molecule has 160 valence electrons. The SMILES string of the molecule is CC(C)(C)CN1CCC(Oc2cccc(C(=O)N[C@H]3CCCCNC3=O)c2)CC1. The first-order valence-electron chi connectivity index (χ1n) is 10.9. The van der Waals surface area contributed by atoms with Gasteiger partial charge in [-0.2, -0.15) is 0 Å². The maximum atomic E-state index is 12.6. The molecule has 2 fully saturated rings. The molecule has 0 radical (unpaired) electrons. The van der Waals surface area contributed by atoms with Crippen LogP contribution in [-0.2, 0) is 4.79 Å². The summed E-state index contributed by atoms with van der Waals surface area (Å²) in [5, 5.41) is 5.72. The van der Waals surface area contributed by atoms with Crippen molar-refractivity contribution in [2.75, 3.05) is 26.2 Å². The zero-order valence-corrected chi connectivity index (χ0v) is 18.0. The Morgan fingerprint density at radius 1 is 1.21 bits per heavy atom. The van der Waals surface area contributed by atoms with E-state index < -0.39 is 6.04 Å². The maximum Gasteiger partial charge on any atom is 0.252 e. The Morgan fingerprint density at radius 2 is 1.97 bits per heavy atom. The topological polar surface area (TPSA) is 70.7 Å². The second kappa shape index (κ2) is 9.61. The highest BCUT2D eigenvalue weighted by molar-refractivity contribution is 5.97. The lowest BCUT2D eigenvalue weighted by Crippen LogP contribution is -2.45. The van der Waals surface area contributed by atoms with Crippen molar-refractivity contribution in [2.24, 2.45) is 5.41 Å². The molecule has 0 bridgehead atoms. The zero-order chi connectivity index (χ0) is 20.9. The summed E-state index contributed by atoms with van der Waals surface area (Å²) in [5.74, 6) is 0.403. The number of nitrogens with one attached hydrogen (secondary N) is 2. The van der Waals surface area contributed by atoms with Crippen LogP contribution in [-0.4, -0.2) is 55.0 Å². The molecule has 0 aliphatic carbocycles. The van der Waals surface area contributed by atoms with Crippen molar-refractivity contribution < 1.29 is 14.3 Å². The van der Waals surface area contributed by atoms with Gasteiger partial charge >= 0.3 is 0 Å². The van der Waals surface area contributed by atoms with Crippen LogP contribution in [0.25, 0.3) is 0 Å². The Hall–Kier alpha value is -2.08. The van der Waals surface area contributed by atoms with Crippen LogP contribution in [0.3, 0.4) is 0 Å². The molecular weight excluding hydrogens is 366 g/mol. The van der Waals surface area contributed by atoms with Gasteiger partial charge in [-0.15, -0.1) is 0 Å². The van der Waals surface area contributed by atoms with Crippen molar-refractivity contribution in [1.82, 2.24) is 15.5 Å². The van der Waals surface area contributed by atoms with E-state index in [9.17, 15) is 9.59 Å². The second-order valence-electron chi connectivity index (χ2n) is 9.49. The number of carbonyl (C=O) groups excluding carboxylic acids is 2. The van der Waals surface area contributed by atoms with Gasteiger partial charge in [-0.05, 0) is 55.7 Å². The summed E-state index contributed by atoms with van der Waals surface area (Å²) in [6.45, 7) is 10.7. The molecule has 2 aliphatic rings. The van der Waals surface area contributed by atoms with Crippen LogP contribution < -0.4 is 15.4 Å². The number of piperidine rings is 1. The maximum absolute atomic E-state index is 12.6. The van der Waals surface area contributed by atoms with Crippen LogP contribution in [0.4, 0.5) is 0 Å². The fourth-order valence-corrected chi connectivity index (χ4v) is 4.08. The number of benzene rings is 1. The molecule has 2 saturated heterocycles. The van der Waals surface area contributed by atoms with E-state index in [1.165, 1.54) is 0 Å². The third-order valence-electron chi connectivity index (χ3n) is 5.47. The Kier molecular flexibility index (Phi) is 7.17. The summed E-state index contributed by atoms with van der Waals surface area (Å²) in [7, 11) is 0. The average Bonchev–Trinajstić information content (AvgIpc) is 2.87. The van der Waals surface area contributed by atoms with E-state index in [0.29, 0.717) is 23.9 Å². The van der Waals surface area contributed by atoms with Gasteiger partial charge in [-0.25, -0.2) is 0 Å². The first-order chi connectivity index (χ1) is 13.8. The molecule has 3 rings (SSSR count). The molecule has 1 aromatic rings. The molecule has 2 amide bonds. The van der Waals surface area contributed by atoms with Crippen molar-refractivity contribution in [1.29, 1.82) is 0 Å². The minimum absolute atomic E-state index is 0.0923. The second-order valence-corrected chi connectivity index (χ2v) is 9.49. The lowest BCUT2D eigenvalue weighted by atomic mass is 9.94. The number of hydrogen-bond acceptors (Lipinski definition) is 4. The number of likely N-dealkylation sites (tertiary alicyclic amines) is 1. The Bertz CT molecular complexity index is 706. The lowest BCUT2D eigenvalue weighted by Gasteiger charge is -2.36. The van der Waals surface area contributed by atoms with E-state index in [0.717, 1.165) is 51.1 Å². The zero-order valence-electron chi connectivity index (χ0n) is 18.0. The van der Waals surface area contributed by atoms with Gasteiger partial charge in [0.15, 0.2) is 0 Å². The third-order valence-corrected chi connectivity index (χ3v) is 5.47. The van der Waals surface area contributed by atoms with Crippen molar-refractivity contribution in [2.45, 2.75) is 65.0 Å². The lowest BCUT2D eigenvalue weighted by molar-refractivity contribution is -0.122. The van der Waals surface area contributed by atoms with Crippen molar-refractivity contribution >= 4 is 11.8 Å². The average molecular weight is 402 g/mol.